The van der Waals surface area contributed by atoms with E-state index < -0.39 is 5.97 Å². The summed E-state index contributed by atoms with van der Waals surface area (Å²) in [6.07, 6.45) is 1.47. The second-order valence-electron chi connectivity index (χ2n) is 0.430. The van der Waals surface area contributed by atoms with E-state index in [0.717, 1.165) is 0 Å². The van der Waals surface area contributed by atoms with Gasteiger partial charge in [0.2, 0.25) is 0 Å². The molecule has 0 heterocycles. The SMILES string of the molecule is [2H]C#CC(=O)O.[H-].[Li+]. The Hall–Kier alpha value is -0.373. The van der Waals surface area contributed by atoms with E-state index >= 15 is 0 Å². The van der Waals surface area contributed by atoms with Gasteiger partial charge in [-0.15, -0.1) is 6.40 Å². The molecule has 0 unspecified atom stereocenters. The number of carboxylic acid groups (broad SMARTS) is 1. The zero-order valence-corrected chi connectivity index (χ0v) is 3.36. The van der Waals surface area contributed by atoms with Gasteiger partial charge in [0.15, 0.2) is 0 Å². The Labute approximate surface area is 50.6 Å². The molecule has 0 amide bonds. The molecule has 0 aliphatic rings. The van der Waals surface area contributed by atoms with Crippen LogP contribution in [0, 0.1) is 12.3 Å². The fourth-order valence-corrected chi connectivity index (χ4v) is 0. The molecule has 6 heavy (non-hydrogen) atoms. The molecule has 0 bridgehead atoms. The van der Waals surface area contributed by atoms with Crippen LogP contribution in [-0.4, -0.2) is 11.1 Å². The molecule has 0 atom stereocenters. The number of terminal acetylenes is 1. The van der Waals surface area contributed by atoms with Gasteiger partial charge in [0.25, 0.3) is 0 Å². The Bertz CT molecular complexity index is 114. The van der Waals surface area contributed by atoms with Gasteiger partial charge in [-0.2, -0.15) is 0 Å². The first-order valence-electron chi connectivity index (χ1n) is 1.43. The Morgan fingerprint density at radius 1 is 2.33 bits per heavy atom. The van der Waals surface area contributed by atoms with Crippen LogP contribution in [0.2, 0.25) is 0 Å². The molecule has 0 aromatic carbocycles. The van der Waals surface area contributed by atoms with Crippen LogP contribution in [0.4, 0.5) is 0 Å². The van der Waals surface area contributed by atoms with Crippen molar-refractivity contribution in [1.82, 2.24) is 0 Å². The van der Waals surface area contributed by atoms with Crippen LogP contribution in [-0.2, 0) is 4.79 Å². The molecular weight excluding hydrogens is 75.0 g/mol. The van der Waals surface area contributed by atoms with Crippen LogP contribution in [0.1, 0.15) is 2.80 Å². The minimum atomic E-state index is -1.26. The maximum atomic E-state index is 9.31. The summed E-state index contributed by atoms with van der Waals surface area (Å²) in [5, 5.41) is 7.62. The van der Waals surface area contributed by atoms with Gasteiger partial charge in [-0.05, 0) is 0 Å². The molecule has 2 nitrogen and oxygen atoms in total. The first kappa shape index (κ1) is 5.63. The third-order valence-electron chi connectivity index (χ3n) is 0.107. The summed E-state index contributed by atoms with van der Waals surface area (Å²) in [5.41, 5.74) is 0. The molecule has 0 rings (SSSR count). The third-order valence-corrected chi connectivity index (χ3v) is 0.107. The number of hydrogen-bond donors (Lipinski definition) is 1. The van der Waals surface area contributed by atoms with E-state index in [1.165, 1.54) is 6.40 Å². The number of aliphatic carboxylic acids is 1. The normalized spacial score (nSPS) is 5.67. The van der Waals surface area contributed by atoms with Gasteiger partial charge in [-0.25, -0.2) is 4.79 Å². The Balaban J connectivity index is -0.000000125. The van der Waals surface area contributed by atoms with Crippen LogP contribution in [0.15, 0.2) is 0 Å². The standard InChI is InChI=1S/C3H2O2.Li.H/c1-2-3(4)5;;/h1H,(H,4,5);;/q;+1;-1/i1D;;. The molecule has 3 heteroatoms. The zero-order chi connectivity index (χ0) is 4.99. The first-order valence-corrected chi connectivity index (χ1v) is 0.928. The Morgan fingerprint density at radius 3 is 2.83 bits per heavy atom. The van der Waals surface area contributed by atoms with Crippen LogP contribution < -0.4 is 18.9 Å². The van der Waals surface area contributed by atoms with Gasteiger partial charge in [-0.3, -0.25) is 0 Å². The quantitative estimate of drug-likeness (QED) is 0.245. The molecule has 28 valence electrons. The van der Waals surface area contributed by atoms with Crippen molar-refractivity contribution in [3.05, 3.63) is 0 Å². The molecule has 0 aromatic rings. The van der Waals surface area contributed by atoms with Crippen molar-refractivity contribution >= 4 is 5.97 Å². The molecule has 0 radical (unpaired) electrons. The zero-order valence-electron chi connectivity index (χ0n) is 5.36. The molecule has 0 spiro atoms. The molecular formula is C3H3LiO2. The van der Waals surface area contributed by atoms with E-state index in [4.69, 9.17) is 6.48 Å². The molecule has 0 saturated heterocycles. The minimum Gasteiger partial charge on any atom is -1.00 e. The summed E-state index contributed by atoms with van der Waals surface area (Å²) in [5.74, 6) is 0.282. The fraction of sp³-hybridized carbons (Fsp3) is 0. The molecule has 0 fully saturated rings. The second-order valence-corrected chi connectivity index (χ2v) is 0.430. The third kappa shape index (κ3) is 9.45. The minimum absolute atomic E-state index is 0. The van der Waals surface area contributed by atoms with Crippen LogP contribution in [0.25, 0.3) is 0 Å². The van der Waals surface area contributed by atoms with Crippen molar-refractivity contribution in [1.29, 1.82) is 0 Å². The van der Waals surface area contributed by atoms with Crippen molar-refractivity contribution < 1.29 is 31.6 Å². The van der Waals surface area contributed by atoms with E-state index in [2.05, 4.69) is 0 Å². The smallest absolute Gasteiger partial charge is 1.00 e. The maximum Gasteiger partial charge on any atom is 1.00 e. The van der Waals surface area contributed by atoms with Gasteiger partial charge in [0, 0.05) is 5.92 Å². The van der Waals surface area contributed by atoms with Crippen molar-refractivity contribution in [2.75, 3.05) is 0 Å². The molecule has 0 aliphatic carbocycles. The van der Waals surface area contributed by atoms with Crippen molar-refractivity contribution in [3.63, 3.8) is 0 Å². The first-order chi connectivity index (χ1) is 2.77. The Kier molecular flexibility index (Phi) is 4.34. The predicted octanol–water partition coefficient (Wildman–Crippen LogP) is -3.18. The van der Waals surface area contributed by atoms with Gasteiger partial charge >= 0.3 is 24.8 Å². The monoisotopic (exact) mass is 79.0 g/mol. The van der Waals surface area contributed by atoms with Gasteiger partial charge in [-0.1, -0.05) is 0 Å². The van der Waals surface area contributed by atoms with E-state index in [-0.39, 0.29) is 20.3 Å². The summed E-state index contributed by atoms with van der Waals surface area (Å²) in [6.45, 7) is 0. The van der Waals surface area contributed by atoms with Crippen molar-refractivity contribution in [2.24, 2.45) is 0 Å². The predicted molar refractivity (Wildman–Crippen MR) is 17.6 cm³/mol. The molecule has 0 aliphatic heterocycles. The second kappa shape index (κ2) is 4.63. The van der Waals surface area contributed by atoms with E-state index in [1.54, 1.807) is 5.92 Å². The Morgan fingerprint density at radius 2 is 2.83 bits per heavy atom. The summed E-state index contributed by atoms with van der Waals surface area (Å²) < 4.78 is 5.99. The number of hydrogen-bond acceptors (Lipinski definition) is 1. The van der Waals surface area contributed by atoms with E-state index in [1.807, 2.05) is 0 Å². The van der Waals surface area contributed by atoms with Crippen molar-refractivity contribution in [2.45, 2.75) is 0 Å². The van der Waals surface area contributed by atoms with Gasteiger partial charge < -0.3 is 6.53 Å². The summed E-state index contributed by atoms with van der Waals surface area (Å²) in [6, 6.07) is 0. The van der Waals surface area contributed by atoms with Crippen LogP contribution >= 0.6 is 0 Å². The fourth-order valence-electron chi connectivity index (χ4n) is 0. The number of carbonyl (C=O) groups is 1. The average Bonchev–Trinajstić information content (AvgIpc) is 1.35. The van der Waals surface area contributed by atoms with Crippen LogP contribution in [0.5, 0.6) is 0 Å². The number of rotatable bonds is 0. The summed E-state index contributed by atoms with van der Waals surface area (Å²) in [7, 11) is 0. The van der Waals surface area contributed by atoms with Gasteiger partial charge in [0.05, 0.1) is 0 Å². The van der Waals surface area contributed by atoms with Crippen LogP contribution in [0.3, 0.4) is 0 Å². The summed E-state index contributed by atoms with van der Waals surface area (Å²) in [4.78, 5) is 9.31. The van der Waals surface area contributed by atoms with E-state index in [9.17, 15) is 4.79 Å². The molecule has 0 saturated carbocycles. The summed E-state index contributed by atoms with van der Waals surface area (Å²) >= 11 is 0. The molecule has 1 N–H and O–H groups in total. The maximum absolute atomic E-state index is 9.31. The average molecular weight is 79.0 g/mol. The largest absolute Gasteiger partial charge is 1.00 e. The molecule has 0 aromatic heterocycles. The van der Waals surface area contributed by atoms with Crippen molar-refractivity contribution in [3.8, 4) is 12.3 Å². The van der Waals surface area contributed by atoms with Gasteiger partial charge in [0.1, 0.15) is 1.37 Å². The topological polar surface area (TPSA) is 37.3 Å². The van der Waals surface area contributed by atoms with E-state index in [0.29, 0.717) is 0 Å². The number of carboxylic acids is 1.